The zero-order chi connectivity index (χ0) is 52.7. The number of esters is 2. The molecule has 0 aromatic heterocycles. The highest BCUT2D eigenvalue weighted by Gasteiger charge is 2.27. The first-order valence-electron chi connectivity index (χ1n) is 29.3. The van der Waals surface area contributed by atoms with E-state index in [4.69, 9.17) is 18.5 Å². The third-order valence-corrected chi connectivity index (χ3v) is 13.4. The Kier molecular flexibility index (Phi) is 51.0. The van der Waals surface area contributed by atoms with Crippen molar-refractivity contribution in [3.8, 4) is 0 Å². The van der Waals surface area contributed by atoms with Crippen molar-refractivity contribution in [1.29, 1.82) is 0 Å². The molecule has 0 rings (SSSR count). The summed E-state index contributed by atoms with van der Waals surface area (Å²) in [5, 5.41) is 0. The maximum absolute atomic E-state index is 12.8. The van der Waals surface area contributed by atoms with E-state index in [1.54, 1.807) is 0 Å². The summed E-state index contributed by atoms with van der Waals surface area (Å²) in [5.41, 5.74) is 0. The highest BCUT2D eigenvalue weighted by molar-refractivity contribution is 7.47. The molecule has 0 aliphatic heterocycles. The van der Waals surface area contributed by atoms with E-state index in [1.165, 1.54) is 122 Å². The van der Waals surface area contributed by atoms with Crippen molar-refractivity contribution in [2.45, 2.75) is 251 Å². The molecule has 0 heterocycles. The van der Waals surface area contributed by atoms with Crippen LogP contribution in [0.25, 0.3) is 0 Å². The van der Waals surface area contributed by atoms with Crippen LogP contribution in [0.1, 0.15) is 245 Å². The molecule has 0 aromatic rings. The van der Waals surface area contributed by atoms with Crippen LogP contribution >= 0.6 is 7.82 Å². The number of carbonyl (C=O) groups excluding carboxylic acids is 2. The molecule has 0 radical (unpaired) electrons. The van der Waals surface area contributed by atoms with E-state index in [-0.39, 0.29) is 32.0 Å². The molecule has 0 aromatic carbocycles. The molecule has 0 saturated heterocycles. The zero-order valence-electron chi connectivity index (χ0n) is 47.1. The van der Waals surface area contributed by atoms with Gasteiger partial charge in [0.25, 0.3) is 0 Å². The highest BCUT2D eigenvalue weighted by Crippen LogP contribution is 2.43. The van der Waals surface area contributed by atoms with E-state index in [0.29, 0.717) is 17.4 Å². The number of phosphoric ester groups is 1. The number of ether oxygens (including phenoxy) is 2. The molecule has 2 atom stereocenters. The van der Waals surface area contributed by atoms with Gasteiger partial charge in [0.1, 0.15) is 19.8 Å². The van der Waals surface area contributed by atoms with Crippen molar-refractivity contribution < 1.29 is 42.1 Å². The number of unbranched alkanes of at least 4 members (excludes halogenated alkanes) is 25. The van der Waals surface area contributed by atoms with Gasteiger partial charge in [-0.05, 0) is 70.6 Å². The summed E-state index contributed by atoms with van der Waals surface area (Å²) < 4.78 is 34.6. The van der Waals surface area contributed by atoms with Gasteiger partial charge in [-0.1, -0.05) is 247 Å². The Morgan fingerprint density at radius 3 is 1.18 bits per heavy atom. The first-order valence-corrected chi connectivity index (χ1v) is 30.8. The second-order valence-corrected chi connectivity index (χ2v) is 22.1. The van der Waals surface area contributed by atoms with Gasteiger partial charge >= 0.3 is 19.8 Å². The third kappa shape index (κ3) is 56.5. The van der Waals surface area contributed by atoms with Crippen molar-refractivity contribution in [2.24, 2.45) is 0 Å². The number of phosphoric acid groups is 1. The minimum absolute atomic E-state index is 0.0283. The van der Waals surface area contributed by atoms with Gasteiger partial charge in [0.15, 0.2) is 6.10 Å². The molecule has 10 heteroatoms. The van der Waals surface area contributed by atoms with Gasteiger partial charge in [0.05, 0.1) is 27.7 Å². The number of carbonyl (C=O) groups is 2. The Labute approximate surface area is 443 Å². The molecule has 72 heavy (non-hydrogen) atoms. The van der Waals surface area contributed by atoms with Gasteiger partial charge in [-0.3, -0.25) is 18.6 Å². The summed E-state index contributed by atoms with van der Waals surface area (Å²) in [6.07, 6.45) is 70.7. The van der Waals surface area contributed by atoms with E-state index in [9.17, 15) is 19.0 Å². The lowest BCUT2D eigenvalue weighted by Crippen LogP contribution is -2.37. The standard InChI is InChI=1S/C62H110NO8P/c1-6-8-10-12-14-16-18-20-22-24-25-26-27-28-29-30-31-32-33-34-35-36-37-39-41-43-45-47-49-51-53-55-62(65)71-60(59-70-72(66,67)69-57-56-63(3,4)5)58-68-61(64)54-52-50-48-46-44-42-40-38-23-21-19-17-15-13-11-9-7-2/h8,10,14,16,20,22,25-26,28-29,31-32,34-35,60H,6-7,9,11-13,15,17-19,21,23-24,27,30,33,36-59H2,1-5H3/p+1/b10-8-,16-14-,22-20-,26-25-,29-28-,32-31-,35-34-. The molecule has 9 nitrogen and oxygen atoms in total. The van der Waals surface area contributed by atoms with Crippen LogP contribution in [0.5, 0.6) is 0 Å². The summed E-state index contributed by atoms with van der Waals surface area (Å²) >= 11 is 0. The van der Waals surface area contributed by atoms with Gasteiger partial charge in [0.2, 0.25) is 0 Å². The van der Waals surface area contributed by atoms with Gasteiger partial charge in [0, 0.05) is 12.8 Å². The summed E-state index contributed by atoms with van der Waals surface area (Å²) in [4.78, 5) is 35.7. The van der Waals surface area contributed by atoms with Crippen molar-refractivity contribution in [3.63, 3.8) is 0 Å². The highest BCUT2D eigenvalue weighted by atomic mass is 31.2. The summed E-state index contributed by atoms with van der Waals surface area (Å²) in [5.74, 6) is -0.800. The average molecular weight is 1030 g/mol. The molecule has 0 aliphatic carbocycles. The van der Waals surface area contributed by atoms with E-state index in [1.807, 2.05) is 21.1 Å². The third-order valence-electron chi connectivity index (χ3n) is 12.4. The van der Waals surface area contributed by atoms with Crippen molar-refractivity contribution in [1.82, 2.24) is 0 Å². The summed E-state index contributed by atoms with van der Waals surface area (Å²) in [7, 11) is 1.47. The maximum atomic E-state index is 12.8. The van der Waals surface area contributed by atoms with Gasteiger partial charge in [-0.25, -0.2) is 4.57 Å². The number of hydrogen-bond donors (Lipinski definition) is 1. The lowest BCUT2D eigenvalue weighted by atomic mass is 10.0. The SMILES string of the molecule is CC/C=C\C/C=C\C/C=C\C/C=C\C/C=C\C/C=C\C/C=C\CCCCCCCCCCCC(=O)OC(COC(=O)CCCCCCCCCCCCCCCCCCC)COP(=O)(O)OCC[N+](C)(C)C. The Morgan fingerprint density at radius 1 is 0.444 bits per heavy atom. The largest absolute Gasteiger partial charge is 0.472 e. The van der Waals surface area contributed by atoms with Gasteiger partial charge in [-0.2, -0.15) is 0 Å². The second kappa shape index (κ2) is 53.0. The molecule has 0 saturated carbocycles. The van der Waals surface area contributed by atoms with Crippen LogP contribution in [-0.2, 0) is 32.7 Å². The Hall–Kier alpha value is -2.81. The number of hydrogen-bond acceptors (Lipinski definition) is 7. The first-order chi connectivity index (χ1) is 35.0. The monoisotopic (exact) mass is 1030 g/mol. The molecule has 0 amide bonds. The number of rotatable bonds is 53. The molecule has 0 spiro atoms. The fourth-order valence-electron chi connectivity index (χ4n) is 7.94. The van der Waals surface area contributed by atoms with Gasteiger partial charge in [-0.15, -0.1) is 0 Å². The van der Waals surface area contributed by atoms with Crippen LogP contribution in [-0.4, -0.2) is 74.9 Å². The summed E-state index contributed by atoms with van der Waals surface area (Å²) in [6.45, 7) is 4.33. The lowest BCUT2D eigenvalue weighted by Gasteiger charge is -2.24. The lowest BCUT2D eigenvalue weighted by molar-refractivity contribution is -0.870. The fourth-order valence-corrected chi connectivity index (χ4v) is 8.68. The predicted molar refractivity (Wildman–Crippen MR) is 307 cm³/mol. The summed E-state index contributed by atoms with van der Waals surface area (Å²) in [6, 6.07) is 0. The molecule has 0 aliphatic rings. The Morgan fingerprint density at radius 2 is 0.792 bits per heavy atom. The smallest absolute Gasteiger partial charge is 0.462 e. The maximum Gasteiger partial charge on any atom is 0.472 e. The Bertz CT molecular complexity index is 1490. The molecule has 1 N–H and O–H groups in total. The number of nitrogens with zero attached hydrogens (tertiary/aromatic N) is 1. The molecule has 0 fully saturated rings. The van der Waals surface area contributed by atoms with Crippen molar-refractivity contribution in [2.75, 3.05) is 47.5 Å². The van der Waals surface area contributed by atoms with Crippen molar-refractivity contribution >= 4 is 19.8 Å². The molecule has 0 bridgehead atoms. The number of likely N-dealkylation sites (N-methyl/N-ethyl adjacent to an activating group) is 1. The number of quaternary nitrogens is 1. The van der Waals surface area contributed by atoms with Crippen LogP contribution in [0.2, 0.25) is 0 Å². The minimum atomic E-state index is -4.39. The van der Waals surface area contributed by atoms with Crippen LogP contribution in [0, 0.1) is 0 Å². The van der Waals surface area contributed by atoms with E-state index < -0.39 is 26.5 Å². The van der Waals surface area contributed by atoms with E-state index in [2.05, 4.69) is 98.9 Å². The predicted octanol–water partition coefficient (Wildman–Crippen LogP) is 18.3. The first kappa shape index (κ1) is 69.2. The quantitative estimate of drug-likeness (QED) is 0.0211. The average Bonchev–Trinajstić information content (AvgIpc) is 3.34. The van der Waals surface area contributed by atoms with Crippen LogP contribution < -0.4 is 0 Å². The van der Waals surface area contributed by atoms with Crippen LogP contribution in [0.15, 0.2) is 85.1 Å². The zero-order valence-corrected chi connectivity index (χ0v) is 48.0. The molecular weight excluding hydrogens is 918 g/mol. The number of allylic oxidation sites excluding steroid dienone is 14. The molecule has 2 unspecified atom stereocenters. The van der Waals surface area contributed by atoms with Crippen molar-refractivity contribution in [3.05, 3.63) is 85.1 Å². The van der Waals surface area contributed by atoms with E-state index in [0.717, 1.165) is 89.9 Å². The Balaban J connectivity index is 4.17. The van der Waals surface area contributed by atoms with Crippen LogP contribution in [0.4, 0.5) is 0 Å². The molecular formula is C62H111NO8P+. The fraction of sp³-hybridized carbons (Fsp3) is 0.742. The minimum Gasteiger partial charge on any atom is -0.462 e. The van der Waals surface area contributed by atoms with Gasteiger partial charge < -0.3 is 18.9 Å². The topological polar surface area (TPSA) is 108 Å². The van der Waals surface area contributed by atoms with Crippen LogP contribution in [0.3, 0.4) is 0 Å². The normalized spacial score (nSPS) is 13.9. The second-order valence-electron chi connectivity index (χ2n) is 20.7. The molecule has 416 valence electrons. The van der Waals surface area contributed by atoms with E-state index >= 15 is 0 Å².